The quantitative estimate of drug-likeness (QED) is 0.705. The van der Waals surface area contributed by atoms with Gasteiger partial charge in [-0.1, -0.05) is 17.7 Å². The van der Waals surface area contributed by atoms with Crippen molar-refractivity contribution >= 4 is 23.2 Å². The number of aromatic nitrogens is 3. The summed E-state index contributed by atoms with van der Waals surface area (Å²) in [6, 6.07) is 7.17. The van der Waals surface area contributed by atoms with Crippen LogP contribution in [0.25, 0.3) is 0 Å². The van der Waals surface area contributed by atoms with Gasteiger partial charge in [-0.15, -0.1) is 11.6 Å². The van der Waals surface area contributed by atoms with Gasteiger partial charge in [-0.05, 0) is 43.3 Å². The fourth-order valence-electron chi connectivity index (χ4n) is 3.29. The van der Waals surface area contributed by atoms with Crippen LogP contribution in [0.5, 0.6) is 5.75 Å². The van der Waals surface area contributed by atoms with Crippen LogP contribution in [0.1, 0.15) is 6.92 Å². The van der Waals surface area contributed by atoms with E-state index in [-0.39, 0.29) is 17.4 Å². The molecule has 1 aromatic heterocycles. The highest BCUT2D eigenvalue weighted by Crippen LogP contribution is 2.40. The minimum Gasteiger partial charge on any atom is -0.458 e. The Hall–Kier alpha value is -1.86. The molecule has 0 radical (unpaired) electrons. The molecule has 27 heavy (non-hydrogen) atoms. The SMILES string of the molecule is CC1COC(Cn2cncn2)(C2C=CC(Oc3ccc(Cl)cc3)=CC2Cl)O1. The maximum atomic E-state index is 6.69. The average Bonchev–Trinajstić information content (AvgIpc) is 3.28. The van der Waals surface area contributed by atoms with E-state index in [1.165, 1.54) is 6.33 Å². The summed E-state index contributed by atoms with van der Waals surface area (Å²) in [4.78, 5) is 3.99. The number of rotatable bonds is 5. The zero-order valence-electron chi connectivity index (χ0n) is 14.7. The van der Waals surface area contributed by atoms with Crippen LogP contribution in [0.2, 0.25) is 5.02 Å². The van der Waals surface area contributed by atoms with E-state index in [4.69, 9.17) is 37.4 Å². The number of nitrogens with zero attached hydrogens (tertiary/aromatic N) is 3. The van der Waals surface area contributed by atoms with E-state index in [0.717, 1.165) is 0 Å². The minimum atomic E-state index is -0.904. The van der Waals surface area contributed by atoms with Gasteiger partial charge in [-0.2, -0.15) is 5.10 Å². The van der Waals surface area contributed by atoms with E-state index in [0.29, 0.717) is 29.7 Å². The molecule has 4 unspecified atom stereocenters. The maximum absolute atomic E-state index is 6.69. The second kappa shape index (κ2) is 7.64. The molecule has 1 aliphatic heterocycles. The lowest BCUT2D eigenvalue weighted by Gasteiger charge is -2.37. The van der Waals surface area contributed by atoms with Crippen LogP contribution in [-0.4, -0.2) is 38.6 Å². The van der Waals surface area contributed by atoms with Crippen molar-refractivity contribution in [2.24, 2.45) is 5.92 Å². The number of alkyl halides is 1. The van der Waals surface area contributed by atoms with Gasteiger partial charge in [0.2, 0.25) is 0 Å². The molecule has 2 aliphatic rings. The summed E-state index contributed by atoms with van der Waals surface area (Å²) in [5.41, 5.74) is 0. The molecule has 2 heterocycles. The topological polar surface area (TPSA) is 58.4 Å². The first kappa shape index (κ1) is 18.5. The van der Waals surface area contributed by atoms with Crippen molar-refractivity contribution in [2.45, 2.75) is 30.7 Å². The number of hydrogen-bond donors (Lipinski definition) is 0. The Balaban J connectivity index is 1.52. The van der Waals surface area contributed by atoms with Crippen LogP contribution in [-0.2, 0) is 16.0 Å². The molecule has 2 aromatic rings. The standard InChI is InChI=1S/C19H19Cl2N3O3/c1-13-9-25-19(27-13,10-24-12-22-11-23-24)17-7-6-16(8-18(17)21)26-15-4-2-14(20)3-5-15/h2-8,11-13,17-18H,9-10H2,1H3. The summed E-state index contributed by atoms with van der Waals surface area (Å²) < 4.78 is 19.8. The first-order valence-electron chi connectivity index (χ1n) is 8.66. The van der Waals surface area contributed by atoms with Gasteiger partial charge in [0.05, 0.1) is 30.6 Å². The lowest BCUT2D eigenvalue weighted by Crippen LogP contribution is -2.47. The number of hydrogen-bond acceptors (Lipinski definition) is 5. The highest BCUT2D eigenvalue weighted by molar-refractivity contribution is 6.30. The molecule has 0 amide bonds. The van der Waals surface area contributed by atoms with E-state index in [1.807, 2.05) is 37.3 Å². The summed E-state index contributed by atoms with van der Waals surface area (Å²) in [6.45, 7) is 2.88. The molecule has 0 spiro atoms. The highest BCUT2D eigenvalue weighted by atomic mass is 35.5. The highest BCUT2D eigenvalue weighted by Gasteiger charge is 2.49. The van der Waals surface area contributed by atoms with Crippen LogP contribution in [0.4, 0.5) is 0 Å². The predicted molar refractivity (Wildman–Crippen MR) is 102 cm³/mol. The van der Waals surface area contributed by atoms with Gasteiger partial charge >= 0.3 is 0 Å². The van der Waals surface area contributed by atoms with E-state index < -0.39 is 5.79 Å². The first-order valence-corrected chi connectivity index (χ1v) is 9.47. The summed E-state index contributed by atoms with van der Waals surface area (Å²) >= 11 is 12.6. The van der Waals surface area contributed by atoms with Gasteiger partial charge in [-0.3, -0.25) is 0 Å². The maximum Gasteiger partial charge on any atom is 0.196 e. The first-order chi connectivity index (χ1) is 13.0. The van der Waals surface area contributed by atoms with Crippen LogP contribution in [0.15, 0.2) is 60.9 Å². The molecule has 1 fully saturated rings. The average molecular weight is 408 g/mol. The molecular formula is C19H19Cl2N3O3. The van der Waals surface area contributed by atoms with Gasteiger partial charge in [0.15, 0.2) is 5.79 Å². The zero-order valence-corrected chi connectivity index (χ0v) is 16.2. The molecule has 1 aliphatic carbocycles. The van der Waals surface area contributed by atoms with Crippen molar-refractivity contribution in [2.75, 3.05) is 6.61 Å². The van der Waals surface area contributed by atoms with Crippen LogP contribution in [0, 0.1) is 5.92 Å². The summed E-state index contributed by atoms with van der Waals surface area (Å²) in [6.07, 6.45) is 8.81. The van der Waals surface area contributed by atoms with Crippen molar-refractivity contribution in [3.8, 4) is 5.75 Å². The van der Waals surface area contributed by atoms with Crippen molar-refractivity contribution in [3.63, 3.8) is 0 Å². The summed E-state index contributed by atoms with van der Waals surface area (Å²) in [5, 5.41) is 4.46. The van der Waals surface area contributed by atoms with Gasteiger partial charge in [0.1, 0.15) is 24.2 Å². The molecule has 8 heteroatoms. The smallest absolute Gasteiger partial charge is 0.196 e. The molecule has 142 valence electrons. The van der Waals surface area contributed by atoms with Gasteiger partial charge in [0, 0.05) is 5.02 Å². The second-order valence-electron chi connectivity index (χ2n) is 6.60. The van der Waals surface area contributed by atoms with Crippen molar-refractivity contribution < 1.29 is 14.2 Å². The predicted octanol–water partition coefficient (Wildman–Crippen LogP) is 3.82. The zero-order chi connectivity index (χ0) is 18.9. The number of allylic oxidation sites excluding steroid dienone is 2. The Morgan fingerprint density at radius 1 is 1.33 bits per heavy atom. The monoisotopic (exact) mass is 407 g/mol. The normalized spacial score (nSPS) is 30.3. The summed E-state index contributed by atoms with van der Waals surface area (Å²) in [7, 11) is 0. The Kier molecular flexibility index (Phi) is 5.23. The molecular weight excluding hydrogens is 389 g/mol. The Labute approximate surface area is 167 Å². The number of ether oxygens (including phenoxy) is 3. The van der Waals surface area contributed by atoms with Crippen molar-refractivity contribution in [1.82, 2.24) is 14.8 Å². The van der Waals surface area contributed by atoms with Gasteiger partial charge in [0.25, 0.3) is 0 Å². The largest absolute Gasteiger partial charge is 0.458 e. The van der Waals surface area contributed by atoms with Crippen LogP contribution >= 0.6 is 23.2 Å². The summed E-state index contributed by atoms with van der Waals surface area (Å²) in [5.74, 6) is 0.247. The molecule has 0 saturated carbocycles. The van der Waals surface area contributed by atoms with Crippen molar-refractivity contribution in [3.05, 3.63) is 65.9 Å². The molecule has 0 N–H and O–H groups in total. The van der Waals surface area contributed by atoms with Crippen LogP contribution < -0.4 is 4.74 Å². The lowest BCUT2D eigenvalue weighted by molar-refractivity contribution is -0.202. The van der Waals surface area contributed by atoms with Gasteiger partial charge in [-0.25, -0.2) is 9.67 Å². The third-order valence-corrected chi connectivity index (χ3v) is 5.15. The fourth-order valence-corrected chi connectivity index (χ4v) is 3.81. The Bertz CT molecular complexity index is 838. The lowest BCUT2D eigenvalue weighted by atomic mass is 9.90. The van der Waals surface area contributed by atoms with E-state index in [2.05, 4.69) is 10.1 Å². The minimum absolute atomic E-state index is 0.0264. The Morgan fingerprint density at radius 3 is 2.78 bits per heavy atom. The van der Waals surface area contributed by atoms with Gasteiger partial charge < -0.3 is 14.2 Å². The Morgan fingerprint density at radius 2 is 2.15 bits per heavy atom. The van der Waals surface area contributed by atoms with E-state index >= 15 is 0 Å². The fraction of sp³-hybridized carbons (Fsp3) is 0.368. The number of benzene rings is 1. The van der Waals surface area contributed by atoms with Crippen LogP contribution in [0.3, 0.4) is 0 Å². The molecule has 4 atom stereocenters. The van der Waals surface area contributed by atoms with Crippen molar-refractivity contribution in [1.29, 1.82) is 0 Å². The second-order valence-corrected chi connectivity index (χ2v) is 7.54. The molecule has 0 bridgehead atoms. The molecule has 1 saturated heterocycles. The third-order valence-electron chi connectivity index (χ3n) is 4.50. The number of halogens is 2. The van der Waals surface area contributed by atoms with E-state index in [1.54, 1.807) is 23.1 Å². The molecule has 4 rings (SSSR count). The third kappa shape index (κ3) is 4.04. The molecule has 1 aromatic carbocycles. The van der Waals surface area contributed by atoms with E-state index in [9.17, 15) is 0 Å². The molecule has 6 nitrogen and oxygen atoms in total.